The maximum absolute atomic E-state index is 2.48. The van der Waals surface area contributed by atoms with Crippen molar-refractivity contribution in [2.45, 2.75) is 45.4 Å². The highest BCUT2D eigenvalue weighted by atomic mass is 14.3. The summed E-state index contributed by atoms with van der Waals surface area (Å²) in [6, 6.07) is 8.72. The van der Waals surface area contributed by atoms with E-state index in [1.807, 2.05) is 0 Å². The van der Waals surface area contributed by atoms with E-state index in [0.717, 1.165) is 0 Å². The Balaban J connectivity index is 1.72. The lowest BCUT2D eigenvalue weighted by molar-refractivity contribution is 0.216. The van der Waals surface area contributed by atoms with Crippen LogP contribution in [0.3, 0.4) is 0 Å². The quantitative estimate of drug-likeness (QED) is 0.664. The van der Waals surface area contributed by atoms with Crippen LogP contribution >= 0.6 is 0 Å². The Kier molecular flexibility index (Phi) is 2.82. The molecule has 1 aromatic carbocycles. The smallest absolute Gasteiger partial charge is 0.0164 e. The third kappa shape index (κ3) is 2.31. The van der Waals surface area contributed by atoms with Gasteiger partial charge in [-0.15, -0.1) is 0 Å². The summed E-state index contributed by atoms with van der Waals surface area (Å²) in [6.07, 6.45) is 13.2. The molecule has 0 amide bonds. The van der Waals surface area contributed by atoms with Crippen LogP contribution in [0.5, 0.6) is 0 Å². The summed E-state index contributed by atoms with van der Waals surface area (Å²) in [5.74, 6) is 0. The van der Waals surface area contributed by atoms with Gasteiger partial charge in [-0.05, 0) is 35.8 Å². The molecule has 0 unspecified atom stereocenters. The molecule has 89 valence electrons. The first-order valence-electron chi connectivity index (χ1n) is 6.90. The molecule has 1 fully saturated rings. The maximum atomic E-state index is 2.48. The van der Waals surface area contributed by atoms with Crippen molar-refractivity contribution in [1.82, 2.24) is 0 Å². The lowest BCUT2D eigenvalue weighted by Crippen LogP contribution is -2.20. The van der Waals surface area contributed by atoms with Gasteiger partial charge in [0.2, 0.25) is 0 Å². The number of fused-ring (bicyclic) bond motifs is 1. The van der Waals surface area contributed by atoms with E-state index in [2.05, 4.69) is 43.7 Å². The summed E-state index contributed by atoms with van der Waals surface area (Å²) < 4.78 is 0. The molecular formula is C17H21. The van der Waals surface area contributed by atoms with Crippen LogP contribution in [0.2, 0.25) is 0 Å². The molecule has 0 nitrogen and oxygen atoms in total. The summed E-state index contributed by atoms with van der Waals surface area (Å²) in [5, 5.41) is 0. The van der Waals surface area contributed by atoms with Gasteiger partial charge in [0, 0.05) is 6.42 Å². The third-order valence-electron chi connectivity index (χ3n) is 4.37. The summed E-state index contributed by atoms with van der Waals surface area (Å²) in [7, 11) is 0. The van der Waals surface area contributed by atoms with Crippen molar-refractivity contribution < 1.29 is 0 Å². The summed E-state index contributed by atoms with van der Waals surface area (Å²) in [4.78, 5) is 0. The molecule has 0 heteroatoms. The third-order valence-corrected chi connectivity index (χ3v) is 4.37. The second kappa shape index (κ2) is 4.33. The minimum Gasteiger partial charge on any atom is -0.0619 e. The van der Waals surface area contributed by atoms with Crippen LogP contribution < -0.4 is 0 Å². The fourth-order valence-electron chi connectivity index (χ4n) is 3.39. The average Bonchev–Trinajstić information content (AvgIpc) is 2.71. The van der Waals surface area contributed by atoms with E-state index >= 15 is 0 Å². The van der Waals surface area contributed by atoms with Crippen molar-refractivity contribution in [1.29, 1.82) is 0 Å². The molecule has 0 spiro atoms. The van der Waals surface area contributed by atoms with Crippen molar-refractivity contribution >= 4 is 6.08 Å². The average molecular weight is 225 g/mol. The van der Waals surface area contributed by atoms with Crippen molar-refractivity contribution in [3.63, 3.8) is 0 Å². The predicted octanol–water partition coefficient (Wildman–Crippen LogP) is 5.00. The van der Waals surface area contributed by atoms with Crippen LogP contribution in [0.25, 0.3) is 6.08 Å². The molecule has 0 saturated heterocycles. The summed E-state index contributed by atoms with van der Waals surface area (Å²) in [5.41, 5.74) is 4.90. The molecule has 0 aromatic heterocycles. The topological polar surface area (TPSA) is 0 Å². The van der Waals surface area contributed by atoms with Gasteiger partial charge >= 0.3 is 0 Å². The lowest BCUT2D eigenvalue weighted by Gasteiger charge is -2.34. The van der Waals surface area contributed by atoms with E-state index in [1.165, 1.54) is 55.2 Å². The molecule has 2 aliphatic rings. The normalized spacial score (nSPS) is 22.1. The molecule has 0 atom stereocenters. The number of allylic oxidation sites excluding steroid dienone is 1. The molecule has 0 bridgehead atoms. The van der Waals surface area contributed by atoms with Crippen LogP contribution in [-0.2, 0) is 0 Å². The molecule has 2 aliphatic carbocycles. The summed E-state index contributed by atoms with van der Waals surface area (Å²) >= 11 is 0. The Hall–Kier alpha value is -1.04. The van der Waals surface area contributed by atoms with Gasteiger partial charge in [-0.25, -0.2) is 0 Å². The van der Waals surface area contributed by atoms with Gasteiger partial charge in [-0.3, -0.25) is 0 Å². The van der Waals surface area contributed by atoms with Crippen molar-refractivity contribution in [2.24, 2.45) is 5.41 Å². The molecule has 0 aliphatic heterocycles. The second-order valence-corrected chi connectivity index (χ2v) is 6.04. The Labute approximate surface area is 105 Å². The Morgan fingerprint density at radius 1 is 1.00 bits per heavy atom. The maximum Gasteiger partial charge on any atom is 0.0164 e. The number of hydrogen-bond acceptors (Lipinski definition) is 0. The summed E-state index contributed by atoms with van der Waals surface area (Å²) in [6.45, 7) is 2.48. The molecule has 3 rings (SSSR count). The molecule has 1 aromatic rings. The van der Waals surface area contributed by atoms with Crippen LogP contribution in [0.1, 0.15) is 56.6 Å². The van der Waals surface area contributed by atoms with Crippen molar-refractivity contribution in [3.05, 3.63) is 47.4 Å². The second-order valence-electron chi connectivity index (χ2n) is 6.04. The van der Waals surface area contributed by atoms with E-state index in [1.54, 1.807) is 0 Å². The van der Waals surface area contributed by atoms with Crippen LogP contribution in [0.15, 0.2) is 29.8 Å². The molecule has 17 heavy (non-hydrogen) atoms. The van der Waals surface area contributed by atoms with Gasteiger partial charge in [-0.2, -0.15) is 0 Å². The molecule has 1 saturated carbocycles. The van der Waals surface area contributed by atoms with Gasteiger partial charge in [-0.1, -0.05) is 62.1 Å². The van der Waals surface area contributed by atoms with Gasteiger partial charge in [0.15, 0.2) is 0 Å². The zero-order valence-electron chi connectivity index (χ0n) is 10.7. The minimum atomic E-state index is 0.558. The molecule has 0 N–H and O–H groups in total. The molecular weight excluding hydrogens is 204 g/mol. The van der Waals surface area contributed by atoms with E-state index in [0.29, 0.717) is 5.41 Å². The highest BCUT2D eigenvalue weighted by Crippen LogP contribution is 2.43. The van der Waals surface area contributed by atoms with E-state index in [4.69, 9.17) is 0 Å². The van der Waals surface area contributed by atoms with Gasteiger partial charge in [0.25, 0.3) is 0 Å². The Morgan fingerprint density at radius 2 is 1.71 bits per heavy atom. The highest BCUT2D eigenvalue weighted by molar-refractivity contribution is 5.69. The minimum absolute atomic E-state index is 0.558. The van der Waals surface area contributed by atoms with Gasteiger partial charge in [0.1, 0.15) is 0 Å². The fourth-order valence-corrected chi connectivity index (χ4v) is 3.39. The van der Waals surface area contributed by atoms with Crippen molar-refractivity contribution in [2.75, 3.05) is 0 Å². The Bertz CT molecular complexity index is 433. The van der Waals surface area contributed by atoms with E-state index in [9.17, 15) is 0 Å². The van der Waals surface area contributed by atoms with Crippen molar-refractivity contribution in [3.8, 4) is 0 Å². The monoisotopic (exact) mass is 225 g/mol. The first kappa shape index (κ1) is 11.1. The number of hydrogen-bond donors (Lipinski definition) is 0. The SMILES string of the molecule is CC1(CC2=Cc3ccccc3[CH]2)CCCCC1. The number of rotatable bonds is 2. The molecule has 1 radical (unpaired) electrons. The van der Waals surface area contributed by atoms with Crippen LogP contribution in [0.4, 0.5) is 0 Å². The van der Waals surface area contributed by atoms with E-state index < -0.39 is 0 Å². The first-order valence-corrected chi connectivity index (χ1v) is 6.90. The molecule has 0 heterocycles. The van der Waals surface area contributed by atoms with Gasteiger partial charge < -0.3 is 0 Å². The standard InChI is InChI=1S/C17H21/c1-17(9-5-2-6-10-17)13-14-11-15-7-3-4-8-16(15)12-14/h3-4,7-8,11-12H,2,5-6,9-10,13H2,1H3. The lowest BCUT2D eigenvalue weighted by atomic mass is 9.71. The largest absolute Gasteiger partial charge is 0.0619 e. The van der Waals surface area contributed by atoms with Crippen LogP contribution in [-0.4, -0.2) is 0 Å². The zero-order chi connectivity index (χ0) is 11.7. The van der Waals surface area contributed by atoms with Gasteiger partial charge in [0.05, 0.1) is 0 Å². The fraction of sp³-hybridized carbons (Fsp3) is 0.471. The highest BCUT2D eigenvalue weighted by Gasteiger charge is 2.28. The predicted molar refractivity (Wildman–Crippen MR) is 73.6 cm³/mol. The van der Waals surface area contributed by atoms with Crippen LogP contribution in [0, 0.1) is 11.8 Å². The number of benzene rings is 1. The zero-order valence-corrected chi connectivity index (χ0v) is 10.7. The Morgan fingerprint density at radius 3 is 2.41 bits per heavy atom. The van der Waals surface area contributed by atoms with E-state index in [-0.39, 0.29) is 0 Å². The first-order chi connectivity index (χ1) is 8.25.